The lowest BCUT2D eigenvalue weighted by Gasteiger charge is -2.01. The number of rotatable bonds is 0. The number of fused-ring (bicyclic) bond motifs is 7. The monoisotopic (exact) mass is 374 g/mol. The maximum Gasteiger partial charge on any atom is 0.120 e. The van der Waals surface area contributed by atoms with Gasteiger partial charge in [-0.25, -0.2) is 0 Å². The fraction of sp³-hybridized carbons (Fsp3) is 0. The van der Waals surface area contributed by atoms with Gasteiger partial charge in [0.05, 0.1) is 27.6 Å². The van der Waals surface area contributed by atoms with E-state index in [1.54, 1.807) is 0 Å². The summed E-state index contributed by atoms with van der Waals surface area (Å²) < 4.78 is 5.54. The van der Waals surface area contributed by atoms with Gasteiger partial charge in [-0.05, 0) is 24.3 Å². The Labute approximate surface area is 165 Å². The van der Waals surface area contributed by atoms with Crippen molar-refractivity contribution < 1.29 is 0 Å². The minimum atomic E-state index is 0.866. The van der Waals surface area contributed by atoms with Gasteiger partial charge in [0.1, 0.15) is 4.64 Å². The quantitative estimate of drug-likeness (QED) is 0.260. The zero-order valence-electron chi connectivity index (χ0n) is 14.9. The van der Waals surface area contributed by atoms with Gasteiger partial charge in [-0.15, -0.1) is 0 Å². The van der Waals surface area contributed by atoms with Gasteiger partial charge in [0.25, 0.3) is 0 Å². The molecule has 2 nitrogen and oxygen atoms in total. The van der Waals surface area contributed by atoms with Crippen molar-refractivity contribution in [2.24, 2.45) is 0 Å². The summed E-state index contributed by atoms with van der Waals surface area (Å²) in [5.41, 5.74) is 5.97. The maximum absolute atomic E-state index is 6.10. The maximum atomic E-state index is 6.10. The van der Waals surface area contributed by atoms with Crippen LogP contribution in [-0.4, -0.2) is 8.80 Å². The Kier molecular flexibility index (Phi) is 2.55. The summed E-state index contributed by atoms with van der Waals surface area (Å²) >= 11 is 6.10. The van der Waals surface area contributed by atoms with Crippen molar-refractivity contribution in [1.82, 2.24) is 8.80 Å². The SMILES string of the molecule is S=c1c2cccc3c4ccccc4n(c4cccc5c6ccccc6n1c54)c23. The van der Waals surface area contributed by atoms with Crippen molar-refractivity contribution in [2.75, 3.05) is 0 Å². The Morgan fingerprint density at radius 3 is 1.68 bits per heavy atom. The Bertz CT molecular complexity index is 1790. The zero-order chi connectivity index (χ0) is 18.4. The summed E-state index contributed by atoms with van der Waals surface area (Å²) in [6.45, 7) is 0. The van der Waals surface area contributed by atoms with Crippen LogP contribution >= 0.6 is 12.2 Å². The van der Waals surface area contributed by atoms with Crippen molar-refractivity contribution in [3.8, 4) is 0 Å². The van der Waals surface area contributed by atoms with Crippen LogP contribution < -0.4 is 0 Å². The number of aromatic nitrogens is 2. The predicted molar refractivity (Wildman–Crippen MR) is 120 cm³/mol. The largest absolute Gasteiger partial charge is 0.306 e. The van der Waals surface area contributed by atoms with E-state index < -0.39 is 0 Å². The standard InChI is InChI=1S/C25H14N2S/c28-25-19-11-5-9-17-15-7-1-3-12-20(15)26(23(17)19)22-14-6-10-18-16-8-2-4-13-21(16)27(25)24(18)22/h1-14H. The van der Waals surface area contributed by atoms with Crippen molar-refractivity contribution >= 4 is 66.7 Å². The van der Waals surface area contributed by atoms with Crippen molar-refractivity contribution in [3.05, 3.63) is 89.6 Å². The van der Waals surface area contributed by atoms with Gasteiger partial charge in [0.15, 0.2) is 0 Å². The van der Waals surface area contributed by atoms with Crippen LogP contribution in [0.5, 0.6) is 0 Å². The first kappa shape index (κ1) is 14.6. The fourth-order valence-electron chi connectivity index (χ4n) is 4.95. The van der Waals surface area contributed by atoms with Gasteiger partial charge < -0.3 is 4.40 Å². The topological polar surface area (TPSA) is 8.82 Å². The first-order chi connectivity index (χ1) is 13.8. The summed E-state index contributed by atoms with van der Waals surface area (Å²) in [6, 6.07) is 30.3. The third kappa shape index (κ3) is 1.54. The molecule has 0 unspecified atom stereocenters. The molecule has 0 aliphatic heterocycles. The fourth-order valence-corrected chi connectivity index (χ4v) is 5.31. The number of benzene rings is 4. The molecule has 3 aromatic heterocycles. The third-order valence-corrected chi connectivity index (χ3v) is 6.45. The van der Waals surface area contributed by atoms with E-state index in [0.717, 1.165) is 10.0 Å². The molecule has 28 heavy (non-hydrogen) atoms. The van der Waals surface area contributed by atoms with E-state index in [9.17, 15) is 0 Å². The lowest BCUT2D eigenvalue weighted by Crippen LogP contribution is -1.86. The Morgan fingerprint density at radius 1 is 0.429 bits per heavy atom. The van der Waals surface area contributed by atoms with E-state index in [2.05, 4.69) is 93.7 Å². The molecule has 0 aliphatic carbocycles. The van der Waals surface area contributed by atoms with Gasteiger partial charge in [0, 0.05) is 26.9 Å². The molecule has 0 saturated heterocycles. The average Bonchev–Trinajstić information content (AvgIpc) is 3.23. The first-order valence-corrected chi connectivity index (χ1v) is 9.85. The second-order valence-corrected chi connectivity index (χ2v) is 7.77. The van der Waals surface area contributed by atoms with Gasteiger partial charge in [-0.3, -0.25) is 4.40 Å². The van der Waals surface area contributed by atoms with Gasteiger partial charge in [-0.2, -0.15) is 0 Å². The van der Waals surface area contributed by atoms with Gasteiger partial charge in [0.2, 0.25) is 0 Å². The number of para-hydroxylation sites is 4. The zero-order valence-corrected chi connectivity index (χ0v) is 15.7. The average molecular weight is 374 g/mol. The molecule has 7 aromatic rings. The second kappa shape index (κ2) is 4.89. The summed E-state index contributed by atoms with van der Waals surface area (Å²) in [6.07, 6.45) is 0. The summed E-state index contributed by atoms with van der Waals surface area (Å²) in [5, 5.41) is 6.12. The highest BCUT2D eigenvalue weighted by Gasteiger charge is 2.18. The Balaban J connectivity index is 2.04. The Morgan fingerprint density at radius 2 is 0.929 bits per heavy atom. The molecular weight excluding hydrogens is 360 g/mol. The first-order valence-electron chi connectivity index (χ1n) is 9.44. The van der Waals surface area contributed by atoms with Crippen LogP contribution in [0, 0.1) is 4.64 Å². The van der Waals surface area contributed by atoms with Crippen molar-refractivity contribution in [2.45, 2.75) is 0 Å². The molecule has 130 valence electrons. The number of hydrogen-bond donors (Lipinski definition) is 0. The van der Waals surface area contributed by atoms with Crippen LogP contribution in [0.1, 0.15) is 0 Å². The lowest BCUT2D eigenvalue weighted by molar-refractivity contribution is 1.26. The molecular formula is C25H14N2S. The highest BCUT2D eigenvalue weighted by molar-refractivity contribution is 7.71. The number of hydrogen-bond acceptors (Lipinski definition) is 1. The van der Waals surface area contributed by atoms with Crippen molar-refractivity contribution in [1.29, 1.82) is 0 Å². The lowest BCUT2D eigenvalue weighted by atomic mass is 10.1. The predicted octanol–water partition coefficient (Wildman–Crippen LogP) is 6.97. The minimum Gasteiger partial charge on any atom is -0.306 e. The molecule has 0 N–H and O–H groups in total. The summed E-state index contributed by atoms with van der Waals surface area (Å²) in [5.74, 6) is 0. The Hall–Kier alpha value is -3.43. The van der Waals surface area contributed by atoms with Gasteiger partial charge in [-0.1, -0.05) is 72.9 Å². The minimum absolute atomic E-state index is 0.866. The molecule has 3 heteroatoms. The molecule has 0 saturated carbocycles. The van der Waals surface area contributed by atoms with Crippen LogP contribution in [0.4, 0.5) is 0 Å². The molecule has 0 bridgehead atoms. The molecule has 0 spiro atoms. The molecule has 7 rings (SSSR count). The van der Waals surface area contributed by atoms with Gasteiger partial charge >= 0.3 is 0 Å². The third-order valence-electron chi connectivity index (χ3n) is 6.04. The molecule has 0 fully saturated rings. The highest BCUT2D eigenvalue weighted by Crippen LogP contribution is 2.38. The smallest absolute Gasteiger partial charge is 0.120 e. The molecule has 0 radical (unpaired) electrons. The van der Waals surface area contributed by atoms with E-state index in [4.69, 9.17) is 12.2 Å². The van der Waals surface area contributed by atoms with Crippen LogP contribution in [0.2, 0.25) is 0 Å². The molecule has 0 atom stereocenters. The number of nitrogens with zero attached hydrogens (tertiary/aromatic N) is 2. The van der Waals surface area contributed by atoms with Crippen LogP contribution in [0.15, 0.2) is 84.9 Å². The van der Waals surface area contributed by atoms with E-state index in [1.807, 2.05) is 0 Å². The molecule has 0 aliphatic rings. The van der Waals surface area contributed by atoms with E-state index in [0.29, 0.717) is 0 Å². The van der Waals surface area contributed by atoms with Crippen molar-refractivity contribution in [3.63, 3.8) is 0 Å². The van der Waals surface area contributed by atoms with E-state index in [-0.39, 0.29) is 0 Å². The highest BCUT2D eigenvalue weighted by atomic mass is 32.1. The van der Waals surface area contributed by atoms with Crippen LogP contribution in [0.25, 0.3) is 54.5 Å². The summed E-state index contributed by atoms with van der Waals surface area (Å²) in [7, 11) is 0. The summed E-state index contributed by atoms with van der Waals surface area (Å²) in [4.78, 5) is 0. The van der Waals surface area contributed by atoms with E-state index >= 15 is 0 Å². The normalized spacial score (nSPS) is 12.4. The second-order valence-electron chi connectivity index (χ2n) is 7.39. The van der Waals surface area contributed by atoms with Crippen LogP contribution in [-0.2, 0) is 0 Å². The molecule has 4 aromatic carbocycles. The molecule has 0 amide bonds. The molecule has 3 heterocycles. The van der Waals surface area contributed by atoms with E-state index in [1.165, 1.54) is 49.1 Å². The van der Waals surface area contributed by atoms with Crippen LogP contribution in [0.3, 0.4) is 0 Å².